The topological polar surface area (TPSA) is 137 Å². The first-order valence-electron chi connectivity index (χ1n) is 15.3. The normalized spacial score (nSPS) is 11.7. The van der Waals surface area contributed by atoms with Crippen LogP contribution in [0.25, 0.3) is 22.5 Å². The smallest absolute Gasteiger partial charge is 0.328 e. The van der Waals surface area contributed by atoms with Gasteiger partial charge in [0.1, 0.15) is 17.5 Å². The van der Waals surface area contributed by atoms with E-state index in [2.05, 4.69) is 15.0 Å². The molecule has 6 rings (SSSR count). The van der Waals surface area contributed by atoms with Crippen LogP contribution in [0, 0.1) is 0 Å². The number of rotatable bonds is 12. The Kier molecular flexibility index (Phi) is 10.3. The molecule has 0 saturated heterocycles. The van der Waals surface area contributed by atoms with Crippen molar-refractivity contribution in [2.45, 2.75) is 17.4 Å². The van der Waals surface area contributed by atoms with Crippen LogP contribution in [0.3, 0.4) is 0 Å². The number of carbonyl (C=O) groups excluding carboxylic acids is 2. The number of halogens is 1. The molecule has 10 nitrogen and oxygen atoms in total. The number of para-hydroxylation sites is 2. The van der Waals surface area contributed by atoms with Crippen LogP contribution in [0.1, 0.15) is 15.9 Å². The van der Waals surface area contributed by atoms with Crippen molar-refractivity contribution >= 4 is 39.2 Å². The van der Waals surface area contributed by atoms with Crippen molar-refractivity contribution in [2.24, 2.45) is 0 Å². The Morgan fingerprint density at radius 1 is 0.860 bits per heavy atom. The number of hydrogen-bond donors (Lipinski definition) is 2. The molecule has 1 aromatic heterocycles. The predicted octanol–water partition coefficient (Wildman–Crippen LogP) is 7.77. The molecule has 252 valence electrons. The number of amides is 1. The minimum Gasteiger partial charge on any atom is -0.467 e. The number of nitrogens with one attached hydrogen (secondary N) is 2. The van der Waals surface area contributed by atoms with Gasteiger partial charge in [-0.15, -0.1) is 0 Å². The van der Waals surface area contributed by atoms with E-state index >= 15 is 0 Å². The van der Waals surface area contributed by atoms with E-state index in [9.17, 15) is 18.0 Å². The first-order valence-corrected chi connectivity index (χ1v) is 17.2. The summed E-state index contributed by atoms with van der Waals surface area (Å²) in [7, 11) is -2.91. The third kappa shape index (κ3) is 8.03. The summed E-state index contributed by atoms with van der Waals surface area (Å²) < 4.78 is 45.5. The van der Waals surface area contributed by atoms with Gasteiger partial charge in [-0.05, 0) is 71.8 Å². The Morgan fingerprint density at radius 2 is 1.56 bits per heavy atom. The molecule has 0 unspecified atom stereocenters. The number of nitrogens with zero attached hydrogens (tertiary/aromatic N) is 1. The maximum absolute atomic E-state index is 13.6. The second kappa shape index (κ2) is 15.1. The van der Waals surface area contributed by atoms with E-state index in [1.807, 2.05) is 78.9 Å². The first-order chi connectivity index (χ1) is 24.2. The van der Waals surface area contributed by atoms with Gasteiger partial charge in [-0.3, -0.25) is 9.52 Å². The number of oxazole rings is 1. The first kappa shape index (κ1) is 34.0. The van der Waals surface area contributed by atoms with E-state index < -0.39 is 27.9 Å². The van der Waals surface area contributed by atoms with E-state index in [0.29, 0.717) is 22.8 Å². The van der Waals surface area contributed by atoms with Gasteiger partial charge in [-0.1, -0.05) is 72.3 Å². The van der Waals surface area contributed by atoms with Gasteiger partial charge in [0.15, 0.2) is 12.2 Å². The van der Waals surface area contributed by atoms with Crippen LogP contribution in [0.15, 0.2) is 143 Å². The Labute approximate surface area is 293 Å². The molecule has 0 saturated carbocycles. The van der Waals surface area contributed by atoms with Crippen molar-refractivity contribution in [3.8, 4) is 33.9 Å². The zero-order valence-electron chi connectivity index (χ0n) is 26.6. The fraction of sp³-hybridized carbons (Fsp3) is 0.0789. The van der Waals surface area contributed by atoms with Crippen LogP contribution in [-0.4, -0.2) is 38.4 Å². The maximum Gasteiger partial charge on any atom is 0.328 e. The summed E-state index contributed by atoms with van der Waals surface area (Å²) in [5.74, 6) is 0.461. The van der Waals surface area contributed by atoms with Gasteiger partial charge in [0, 0.05) is 22.6 Å². The zero-order chi connectivity index (χ0) is 35.1. The highest BCUT2D eigenvalue weighted by Crippen LogP contribution is 2.33. The lowest BCUT2D eigenvalue weighted by Crippen LogP contribution is -2.43. The fourth-order valence-electron chi connectivity index (χ4n) is 5.19. The number of esters is 1. The molecule has 5 aromatic carbocycles. The highest BCUT2D eigenvalue weighted by molar-refractivity contribution is 7.92. The summed E-state index contributed by atoms with van der Waals surface area (Å²) in [5, 5.41) is 2.88. The molecule has 2 N–H and O–H groups in total. The Bertz CT molecular complexity index is 2210. The van der Waals surface area contributed by atoms with Crippen LogP contribution in [-0.2, 0) is 26.0 Å². The van der Waals surface area contributed by atoms with E-state index in [4.69, 9.17) is 25.5 Å². The monoisotopic (exact) mass is 707 g/mol. The summed E-state index contributed by atoms with van der Waals surface area (Å²) in [6.07, 6.45) is 2.89. The number of ether oxygens (including phenoxy) is 2. The zero-order valence-corrected chi connectivity index (χ0v) is 28.1. The molecule has 1 heterocycles. The van der Waals surface area contributed by atoms with Crippen molar-refractivity contribution in [1.29, 1.82) is 0 Å². The van der Waals surface area contributed by atoms with Crippen LogP contribution < -0.4 is 14.8 Å². The molecule has 0 radical (unpaired) electrons. The number of hydrogen-bond acceptors (Lipinski definition) is 8. The molecule has 0 aliphatic heterocycles. The van der Waals surface area contributed by atoms with Crippen LogP contribution in [0.2, 0.25) is 5.02 Å². The summed E-state index contributed by atoms with van der Waals surface area (Å²) >= 11 is 6.22. The van der Waals surface area contributed by atoms with Crippen molar-refractivity contribution in [3.05, 3.63) is 150 Å². The lowest BCUT2D eigenvalue weighted by molar-refractivity contribution is -0.142. The quantitative estimate of drug-likeness (QED) is 0.123. The molecular formula is C38H30ClN3O7S. The van der Waals surface area contributed by atoms with Crippen molar-refractivity contribution in [1.82, 2.24) is 10.3 Å². The molecule has 50 heavy (non-hydrogen) atoms. The van der Waals surface area contributed by atoms with Gasteiger partial charge in [0.2, 0.25) is 0 Å². The van der Waals surface area contributed by atoms with Crippen LogP contribution in [0.4, 0.5) is 5.69 Å². The summed E-state index contributed by atoms with van der Waals surface area (Å²) in [6.45, 7) is 0. The van der Waals surface area contributed by atoms with E-state index in [1.165, 1.54) is 50.0 Å². The van der Waals surface area contributed by atoms with Gasteiger partial charge in [0.25, 0.3) is 15.9 Å². The molecule has 0 aliphatic rings. The minimum absolute atomic E-state index is 0.0319. The van der Waals surface area contributed by atoms with E-state index in [-0.39, 0.29) is 27.6 Å². The van der Waals surface area contributed by atoms with E-state index in [1.54, 1.807) is 12.1 Å². The summed E-state index contributed by atoms with van der Waals surface area (Å²) in [4.78, 5) is 30.3. The lowest BCUT2D eigenvalue weighted by Gasteiger charge is -2.19. The van der Waals surface area contributed by atoms with Crippen molar-refractivity contribution in [3.63, 3.8) is 0 Å². The number of carbonyl (C=O) groups is 2. The summed E-state index contributed by atoms with van der Waals surface area (Å²) in [5.41, 5.74) is 3.03. The Balaban J connectivity index is 1.18. The molecule has 1 atom stereocenters. The Morgan fingerprint density at radius 3 is 2.26 bits per heavy atom. The van der Waals surface area contributed by atoms with Crippen molar-refractivity contribution < 1.29 is 31.9 Å². The van der Waals surface area contributed by atoms with Gasteiger partial charge in [-0.25, -0.2) is 18.2 Å². The highest BCUT2D eigenvalue weighted by atomic mass is 35.5. The SMILES string of the molecule is COC(=O)[C@H](Cc1ccc(-c2ccccc2Oc2ccccc2)cc1)NC(=O)c1cc(Cl)ccc1NS(=O)(=O)c1ccc(-c2cnco2)cc1. The number of methoxy groups -OCH3 is 1. The number of benzene rings is 5. The van der Waals surface area contributed by atoms with Gasteiger partial charge < -0.3 is 19.2 Å². The largest absolute Gasteiger partial charge is 0.467 e. The van der Waals surface area contributed by atoms with Gasteiger partial charge in [0.05, 0.1) is 29.5 Å². The van der Waals surface area contributed by atoms with Gasteiger partial charge in [-0.2, -0.15) is 0 Å². The molecular weight excluding hydrogens is 678 g/mol. The molecule has 0 fully saturated rings. The standard InChI is InChI=1S/C38H30ClN3O7S/c1-47-38(44)34(21-25-11-13-26(14-12-25)31-9-5-6-10-35(31)49-29-7-3-2-4-8-29)41-37(43)32-22-28(39)17-20-33(32)42-50(45,46)30-18-15-27(16-19-30)36-23-40-24-48-36/h2-20,22-24,34,42H,21H2,1H3,(H,41,43)/t34-/m0/s1. The number of aromatic nitrogens is 1. The average molecular weight is 708 g/mol. The molecule has 0 bridgehead atoms. The summed E-state index contributed by atoms with van der Waals surface area (Å²) in [6, 6.07) is 33.7. The minimum atomic E-state index is -4.13. The second-order valence-corrected chi connectivity index (χ2v) is 13.2. The molecule has 0 spiro atoms. The number of sulfonamides is 1. The lowest BCUT2D eigenvalue weighted by atomic mass is 9.99. The molecule has 0 aliphatic carbocycles. The fourth-order valence-corrected chi connectivity index (χ4v) is 6.44. The maximum atomic E-state index is 13.6. The Hall–Kier alpha value is -5.91. The third-order valence-electron chi connectivity index (χ3n) is 7.71. The van der Waals surface area contributed by atoms with Crippen LogP contribution in [0.5, 0.6) is 11.5 Å². The molecule has 6 aromatic rings. The third-order valence-corrected chi connectivity index (χ3v) is 9.32. The second-order valence-electron chi connectivity index (χ2n) is 11.0. The number of anilines is 1. The predicted molar refractivity (Wildman–Crippen MR) is 190 cm³/mol. The van der Waals surface area contributed by atoms with Gasteiger partial charge >= 0.3 is 5.97 Å². The average Bonchev–Trinajstić information content (AvgIpc) is 3.68. The van der Waals surface area contributed by atoms with E-state index in [0.717, 1.165) is 16.7 Å². The highest BCUT2D eigenvalue weighted by Gasteiger charge is 2.26. The van der Waals surface area contributed by atoms with Crippen molar-refractivity contribution in [2.75, 3.05) is 11.8 Å². The van der Waals surface area contributed by atoms with Crippen LogP contribution >= 0.6 is 11.6 Å². The molecule has 1 amide bonds. The molecule has 12 heteroatoms.